The van der Waals surface area contributed by atoms with E-state index in [2.05, 4.69) is 196 Å². The van der Waals surface area contributed by atoms with E-state index in [0.29, 0.717) is 5.92 Å². The van der Waals surface area contributed by atoms with Gasteiger partial charge in [0, 0.05) is 33.8 Å². The quantitative estimate of drug-likeness (QED) is 0.181. The molecular weight excluding hydrogens is 605 g/mol. The van der Waals surface area contributed by atoms with Gasteiger partial charge in [-0.15, -0.1) is 0 Å². The summed E-state index contributed by atoms with van der Waals surface area (Å²) in [6.07, 6.45) is 7.11. The maximum Gasteiger partial charge on any atom is 0.0547 e. The molecule has 2 heteroatoms. The summed E-state index contributed by atoms with van der Waals surface area (Å²) in [6, 6.07) is 49.3. The maximum atomic E-state index is 2.56. The van der Waals surface area contributed by atoms with Crippen LogP contribution in [0.3, 0.4) is 0 Å². The Hall–Kier alpha value is -5.60. The summed E-state index contributed by atoms with van der Waals surface area (Å²) in [4.78, 5) is 2.56. The van der Waals surface area contributed by atoms with Gasteiger partial charge in [0.1, 0.15) is 0 Å². The highest BCUT2D eigenvalue weighted by Gasteiger charge is 2.48. The molecule has 0 fully saturated rings. The summed E-state index contributed by atoms with van der Waals surface area (Å²) in [5.41, 5.74) is 16.7. The van der Waals surface area contributed by atoms with E-state index >= 15 is 0 Å². The zero-order valence-electron chi connectivity index (χ0n) is 29.5. The lowest BCUT2D eigenvalue weighted by molar-refractivity contribution is 0.385. The molecule has 0 N–H and O–H groups in total. The topological polar surface area (TPSA) is 8.17 Å². The number of nitrogens with zero attached hydrogens (tertiary/aromatic N) is 2. The molecule has 50 heavy (non-hydrogen) atoms. The molecule has 1 heterocycles. The van der Waals surface area contributed by atoms with Gasteiger partial charge in [0.2, 0.25) is 0 Å². The van der Waals surface area contributed by atoms with Crippen molar-refractivity contribution in [1.29, 1.82) is 0 Å². The van der Waals surface area contributed by atoms with Gasteiger partial charge in [-0.05, 0) is 108 Å². The molecule has 2 nitrogen and oxygen atoms in total. The summed E-state index contributed by atoms with van der Waals surface area (Å²) >= 11 is 0. The van der Waals surface area contributed by atoms with E-state index in [9.17, 15) is 0 Å². The molecule has 0 spiro atoms. The van der Waals surface area contributed by atoms with Gasteiger partial charge in [0.15, 0.2) is 0 Å². The minimum Gasteiger partial charge on any atom is -0.313 e. The Labute approximate surface area is 295 Å². The summed E-state index contributed by atoms with van der Waals surface area (Å²) < 4.78 is 2.40. The molecule has 7 aromatic rings. The van der Waals surface area contributed by atoms with Gasteiger partial charge in [-0.25, -0.2) is 0 Å². The van der Waals surface area contributed by atoms with E-state index in [-0.39, 0.29) is 11.3 Å². The third-order valence-corrected chi connectivity index (χ3v) is 11.4. The van der Waals surface area contributed by atoms with Gasteiger partial charge >= 0.3 is 0 Å². The molecule has 1 aromatic heterocycles. The van der Waals surface area contributed by atoms with Crippen molar-refractivity contribution >= 4 is 33.2 Å². The lowest BCUT2D eigenvalue weighted by Gasteiger charge is -2.39. The second-order valence-corrected chi connectivity index (χ2v) is 14.8. The van der Waals surface area contributed by atoms with Crippen LogP contribution in [-0.2, 0) is 5.41 Å². The smallest absolute Gasteiger partial charge is 0.0547 e. The lowest BCUT2D eigenvalue weighted by atomic mass is 9.73. The number of allylic oxidation sites excluding steroid dienone is 4. The molecule has 6 aromatic carbocycles. The largest absolute Gasteiger partial charge is 0.313 e. The van der Waals surface area contributed by atoms with Crippen molar-refractivity contribution in [2.75, 3.05) is 4.90 Å². The Kier molecular flexibility index (Phi) is 7.00. The molecule has 2 aliphatic carbocycles. The van der Waals surface area contributed by atoms with Crippen LogP contribution in [0.15, 0.2) is 157 Å². The number of fused-ring (bicyclic) bond motifs is 6. The van der Waals surface area contributed by atoms with Crippen molar-refractivity contribution < 1.29 is 0 Å². The van der Waals surface area contributed by atoms with E-state index in [1.165, 1.54) is 83.5 Å². The van der Waals surface area contributed by atoms with Crippen molar-refractivity contribution in [1.82, 2.24) is 4.57 Å². The molecule has 0 radical (unpaired) electrons. The fourth-order valence-electron chi connectivity index (χ4n) is 9.27. The van der Waals surface area contributed by atoms with Gasteiger partial charge in [0.05, 0.1) is 16.7 Å². The van der Waals surface area contributed by atoms with E-state index in [0.717, 1.165) is 0 Å². The summed E-state index contributed by atoms with van der Waals surface area (Å²) in [7, 11) is 0. The van der Waals surface area contributed by atoms with Gasteiger partial charge in [-0.3, -0.25) is 0 Å². The highest BCUT2D eigenvalue weighted by Crippen LogP contribution is 2.57. The summed E-state index contributed by atoms with van der Waals surface area (Å²) in [5, 5.41) is 2.56. The van der Waals surface area contributed by atoms with E-state index < -0.39 is 0 Å². The van der Waals surface area contributed by atoms with Crippen molar-refractivity contribution in [3.05, 3.63) is 185 Å². The minimum atomic E-state index is 0.0434. The standard InChI is InChI=1S/C48H42N2/c1-31-29-32(2)47(33(3)30-31)50(44-24-14-21-41-46(44)38-17-9-11-20-40(38)48(41,4)5)36-27-25-34(26-28-36)37-19-13-23-43-45(37)39-18-10-12-22-42(39)49(43)35-15-7-6-8-16-35/h6-30,41,46H,1-5H3. The first-order chi connectivity index (χ1) is 24.3. The van der Waals surface area contributed by atoms with E-state index in [4.69, 9.17) is 0 Å². The van der Waals surface area contributed by atoms with Gasteiger partial charge in [-0.2, -0.15) is 0 Å². The first-order valence-corrected chi connectivity index (χ1v) is 17.9. The molecule has 2 unspecified atom stereocenters. The zero-order valence-corrected chi connectivity index (χ0v) is 29.5. The van der Waals surface area contributed by atoms with Crippen molar-refractivity contribution in [3.8, 4) is 16.8 Å². The molecule has 0 saturated carbocycles. The molecule has 0 amide bonds. The SMILES string of the molecule is Cc1cc(C)c(N(C2=CC=CC3C2c2ccccc2C3(C)C)c2ccc(-c3cccc4c3c3ccccc3n4-c3ccccc3)cc2)c(C)c1. The highest BCUT2D eigenvalue weighted by molar-refractivity contribution is 6.15. The zero-order chi connectivity index (χ0) is 34.1. The van der Waals surface area contributed by atoms with Crippen LogP contribution in [0.4, 0.5) is 11.4 Å². The molecule has 0 aliphatic heterocycles. The second kappa shape index (κ2) is 11.5. The first-order valence-electron chi connectivity index (χ1n) is 17.9. The predicted octanol–water partition coefficient (Wildman–Crippen LogP) is 12.7. The van der Waals surface area contributed by atoms with Gasteiger partial charge in [0.25, 0.3) is 0 Å². The highest BCUT2D eigenvalue weighted by atomic mass is 15.2. The number of hydrogen-bond acceptors (Lipinski definition) is 1. The number of aromatic nitrogens is 1. The van der Waals surface area contributed by atoms with E-state index in [1.807, 2.05) is 0 Å². The second-order valence-electron chi connectivity index (χ2n) is 14.8. The molecular formula is C48H42N2. The van der Waals surface area contributed by atoms with Gasteiger partial charge in [-0.1, -0.05) is 129 Å². The monoisotopic (exact) mass is 646 g/mol. The normalized spacial score (nSPS) is 17.5. The van der Waals surface area contributed by atoms with Crippen LogP contribution >= 0.6 is 0 Å². The van der Waals surface area contributed by atoms with Crippen molar-refractivity contribution in [2.45, 2.75) is 46.0 Å². The lowest BCUT2D eigenvalue weighted by Crippen LogP contribution is -2.31. The third kappa shape index (κ3) is 4.55. The molecule has 2 aliphatic rings. The van der Waals surface area contributed by atoms with Crippen LogP contribution in [0, 0.1) is 26.7 Å². The minimum absolute atomic E-state index is 0.0434. The average Bonchev–Trinajstić information content (AvgIpc) is 3.59. The molecule has 9 rings (SSSR count). The maximum absolute atomic E-state index is 2.56. The first kappa shape index (κ1) is 30.5. The number of aryl methyl sites for hydroxylation is 3. The average molecular weight is 647 g/mol. The fraction of sp³-hybridized carbons (Fsp3) is 0.167. The fourth-order valence-corrected chi connectivity index (χ4v) is 9.27. The van der Waals surface area contributed by atoms with Crippen LogP contribution in [0.1, 0.15) is 47.6 Å². The molecule has 0 saturated heterocycles. The molecule has 0 bridgehead atoms. The van der Waals surface area contributed by atoms with Gasteiger partial charge < -0.3 is 9.47 Å². The molecule has 244 valence electrons. The molecule has 2 atom stereocenters. The Bertz CT molecular complexity index is 2470. The van der Waals surface area contributed by atoms with Crippen LogP contribution in [0.5, 0.6) is 0 Å². The summed E-state index contributed by atoms with van der Waals surface area (Å²) in [5.74, 6) is 0.649. The van der Waals surface area contributed by atoms with Crippen LogP contribution in [0.2, 0.25) is 0 Å². The summed E-state index contributed by atoms with van der Waals surface area (Å²) in [6.45, 7) is 11.6. The Morgan fingerprint density at radius 3 is 2.12 bits per heavy atom. The number of hydrogen-bond donors (Lipinski definition) is 0. The van der Waals surface area contributed by atoms with E-state index in [1.54, 1.807) is 0 Å². The van der Waals surface area contributed by atoms with Crippen LogP contribution in [0.25, 0.3) is 38.6 Å². The number of benzene rings is 6. The number of anilines is 2. The Morgan fingerprint density at radius 2 is 1.34 bits per heavy atom. The van der Waals surface area contributed by atoms with Crippen molar-refractivity contribution in [3.63, 3.8) is 0 Å². The predicted molar refractivity (Wildman–Crippen MR) is 212 cm³/mol. The Morgan fingerprint density at radius 1 is 0.660 bits per heavy atom. The van der Waals surface area contributed by atoms with Crippen LogP contribution < -0.4 is 4.90 Å². The Balaban J connectivity index is 1.22. The van der Waals surface area contributed by atoms with Crippen molar-refractivity contribution in [2.24, 2.45) is 5.92 Å². The van der Waals surface area contributed by atoms with Crippen LogP contribution in [-0.4, -0.2) is 4.57 Å². The number of rotatable bonds is 5. The number of para-hydroxylation sites is 2. The third-order valence-electron chi connectivity index (χ3n) is 11.4.